The molecule has 1 heteroatoms. The highest BCUT2D eigenvalue weighted by atomic mass is 14.7. The lowest BCUT2D eigenvalue weighted by Crippen LogP contribution is -1.99. The molecule has 1 aromatic carbocycles. The molecule has 0 aliphatic rings. The second-order valence-corrected chi connectivity index (χ2v) is 7.60. The molecule has 1 nitrogen and oxygen atoms in total. The van der Waals surface area contributed by atoms with Crippen LogP contribution in [0, 0.1) is 6.92 Å². The number of benzene rings is 1. The Hall–Kier alpha value is -2.93. The molecule has 1 heterocycles. The van der Waals surface area contributed by atoms with Gasteiger partial charge >= 0.3 is 0 Å². The lowest BCUT2D eigenvalue weighted by molar-refractivity contribution is 1.22. The van der Waals surface area contributed by atoms with E-state index in [1.165, 1.54) is 33.4 Å². The number of hydrogen-bond acceptors (Lipinski definition) is 1. The average Bonchev–Trinajstić information content (AvgIpc) is 2.68. The van der Waals surface area contributed by atoms with Gasteiger partial charge < -0.3 is 0 Å². The van der Waals surface area contributed by atoms with E-state index >= 15 is 0 Å². The summed E-state index contributed by atoms with van der Waals surface area (Å²) >= 11 is 0. The maximum Gasteiger partial charge on any atom is 0.0705 e. The Morgan fingerprint density at radius 1 is 0.929 bits per heavy atom. The van der Waals surface area contributed by atoms with Crippen LogP contribution in [0.4, 0.5) is 0 Å². The van der Waals surface area contributed by atoms with Crippen molar-refractivity contribution >= 4 is 11.1 Å². The van der Waals surface area contributed by atoms with Crippen molar-refractivity contribution in [3.05, 3.63) is 101 Å². The zero-order chi connectivity index (χ0) is 21.0. The Morgan fingerprint density at radius 2 is 1.54 bits per heavy atom. The Balaban J connectivity index is 2.55. The van der Waals surface area contributed by atoms with E-state index in [0.29, 0.717) is 0 Å². The summed E-state index contributed by atoms with van der Waals surface area (Å²) in [5, 5.41) is 0. The number of hydrogen-bond donors (Lipinski definition) is 0. The van der Waals surface area contributed by atoms with Gasteiger partial charge in [-0.05, 0) is 81.0 Å². The molecule has 1 aromatic heterocycles. The van der Waals surface area contributed by atoms with Crippen LogP contribution in [0.15, 0.2) is 84.6 Å². The van der Waals surface area contributed by atoms with E-state index in [9.17, 15) is 0 Å². The van der Waals surface area contributed by atoms with Crippen molar-refractivity contribution in [2.75, 3.05) is 0 Å². The summed E-state index contributed by atoms with van der Waals surface area (Å²) in [5.41, 5.74) is 12.6. The third kappa shape index (κ3) is 4.48. The fraction of sp³-hybridized carbons (Fsp3) is 0.222. The first-order chi connectivity index (χ1) is 13.2. The molecule has 0 amide bonds. The zero-order valence-corrected chi connectivity index (χ0v) is 18.1. The van der Waals surface area contributed by atoms with Crippen molar-refractivity contribution in [2.45, 2.75) is 41.5 Å². The summed E-state index contributed by atoms with van der Waals surface area (Å²) in [6.07, 6.45) is 3.77. The highest BCUT2D eigenvalue weighted by Crippen LogP contribution is 2.34. The maximum absolute atomic E-state index is 4.78. The van der Waals surface area contributed by atoms with Gasteiger partial charge in [-0.2, -0.15) is 0 Å². The zero-order valence-electron chi connectivity index (χ0n) is 18.1. The van der Waals surface area contributed by atoms with Crippen LogP contribution in [0.25, 0.3) is 22.4 Å². The lowest BCUT2D eigenvalue weighted by atomic mass is 9.88. The van der Waals surface area contributed by atoms with Crippen molar-refractivity contribution in [1.29, 1.82) is 0 Å². The number of allylic oxidation sites excluding steroid dienone is 7. The van der Waals surface area contributed by atoms with E-state index in [-0.39, 0.29) is 0 Å². The molecule has 0 saturated carbocycles. The van der Waals surface area contributed by atoms with Crippen LogP contribution in [-0.2, 0) is 0 Å². The van der Waals surface area contributed by atoms with Crippen LogP contribution in [-0.4, -0.2) is 4.98 Å². The van der Waals surface area contributed by atoms with Gasteiger partial charge in [-0.15, -0.1) is 0 Å². The minimum atomic E-state index is 0.924. The fourth-order valence-electron chi connectivity index (χ4n) is 3.10. The predicted octanol–water partition coefficient (Wildman–Crippen LogP) is 7.96. The normalized spacial score (nSPS) is 11.5. The summed E-state index contributed by atoms with van der Waals surface area (Å²) in [6, 6.07) is 10.5. The van der Waals surface area contributed by atoms with E-state index in [1.807, 2.05) is 6.20 Å². The second kappa shape index (κ2) is 8.84. The molecule has 0 N–H and O–H groups in total. The minimum absolute atomic E-state index is 0.924. The molecule has 0 fully saturated rings. The highest BCUT2D eigenvalue weighted by molar-refractivity contribution is 5.85. The third-order valence-electron chi connectivity index (χ3n) is 5.32. The summed E-state index contributed by atoms with van der Waals surface area (Å²) < 4.78 is 0. The summed E-state index contributed by atoms with van der Waals surface area (Å²) in [6.45, 7) is 24.8. The molecule has 0 aliphatic heterocycles. The van der Waals surface area contributed by atoms with Crippen molar-refractivity contribution in [3.63, 3.8) is 0 Å². The highest BCUT2D eigenvalue weighted by Gasteiger charge is 2.14. The lowest BCUT2D eigenvalue weighted by Gasteiger charge is -2.18. The van der Waals surface area contributed by atoms with Gasteiger partial charge in [-0.1, -0.05) is 61.2 Å². The van der Waals surface area contributed by atoms with Crippen LogP contribution >= 0.6 is 0 Å². The molecule has 2 rings (SSSR count). The first-order valence-electron chi connectivity index (χ1n) is 9.57. The standard InChI is InChI=1S/C27H31N/c1-10-19(6)23-11-13-24(14-12-23)26-15-20(7)25(16-28-26)27(21(8)17(2)3)22(9)18(4)5/h10-16H,1-2,6H2,3-5,7-9H3/b27-21+. The number of rotatable bonds is 6. The Bertz CT molecular complexity index is 991. The van der Waals surface area contributed by atoms with Crippen molar-refractivity contribution < 1.29 is 0 Å². The summed E-state index contributed by atoms with van der Waals surface area (Å²) in [7, 11) is 0. The van der Waals surface area contributed by atoms with Gasteiger partial charge in [0.25, 0.3) is 0 Å². The molecule has 0 saturated heterocycles. The van der Waals surface area contributed by atoms with Gasteiger partial charge in [-0.25, -0.2) is 0 Å². The Kier molecular flexibility index (Phi) is 6.75. The van der Waals surface area contributed by atoms with Crippen LogP contribution in [0.1, 0.15) is 51.3 Å². The number of nitrogens with zero attached hydrogens (tertiary/aromatic N) is 1. The Labute approximate surface area is 170 Å². The number of aryl methyl sites for hydroxylation is 1. The van der Waals surface area contributed by atoms with Gasteiger partial charge in [0, 0.05) is 17.3 Å². The van der Waals surface area contributed by atoms with E-state index in [4.69, 9.17) is 4.98 Å². The second-order valence-electron chi connectivity index (χ2n) is 7.60. The third-order valence-corrected chi connectivity index (χ3v) is 5.32. The minimum Gasteiger partial charge on any atom is -0.256 e. The molecule has 144 valence electrons. The summed E-state index contributed by atoms with van der Waals surface area (Å²) in [5.74, 6) is 0. The quantitative estimate of drug-likeness (QED) is 0.471. The summed E-state index contributed by atoms with van der Waals surface area (Å²) in [4.78, 5) is 4.78. The molecule has 2 aromatic rings. The monoisotopic (exact) mass is 369 g/mol. The van der Waals surface area contributed by atoms with E-state index < -0.39 is 0 Å². The van der Waals surface area contributed by atoms with Crippen LogP contribution in [0.5, 0.6) is 0 Å². The molecule has 0 unspecified atom stereocenters. The molecule has 28 heavy (non-hydrogen) atoms. The van der Waals surface area contributed by atoms with Crippen LogP contribution in [0.3, 0.4) is 0 Å². The van der Waals surface area contributed by atoms with E-state index in [1.54, 1.807) is 6.08 Å². The molecule has 0 bridgehead atoms. The molecule has 0 spiro atoms. The molecular weight excluding hydrogens is 338 g/mol. The first kappa shape index (κ1) is 21.4. The van der Waals surface area contributed by atoms with E-state index in [2.05, 4.69) is 91.6 Å². The molecule has 0 radical (unpaired) electrons. The van der Waals surface area contributed by atoms with Crippen LogP contribution in [0.2, 0.25) is 0 Å². The maximum atomic E-state index is 4.78. The molecule has 0 atom stereocenters. The van der Waals surface area contributed by atoms with Crippen molar-refractivity contribution in [3.8, 4) is 11.3 Å². The van der Waals surface area contributed by atoms with Crippen molar-refractivity contribution in [1.82, 2.24) is 4.98 Å². The van der Waals surface area contributed by atoms with Gasteiger partial charge in [0.1, 0.15) is 0 Å². The SMILES string of the molecule is C=CC(=C)c1ccc(-c2cc(C)c(/C(C(C)=C(C)C)=C(\C)C(=C)C)cn2)cc1. The van der Waals surface area contributed by atoms with Gasteiger partial charge in [-0.3, -0.25) is 4.98 Å². The Morgan fingerprint density at radius 3 is 2.00 bits per heavy atom. The topological polar surface area (TPSA) is 12.9 Å². The van der Waals surface area contributed by atoms with Gasteiger partial charge in [0.05, 0.1) is 5.69 Å². The molecular formula is C27H31N. The molecule has 0 aliphatic carbocycles. The fourth-order valence-corrected chi connectivity index (χ4v) is 3.10. The largest absolute Gasteiger partial charge is 0.256 e. The van der Waals surface area contributed by atoms with Crippen LogP contribution < -0.4 is 0 Å². The average molecular weight is 370 g/mol. The van der Waals surface area contributed by atoms with Crippen molar-refractivity contribution in [2.24, 2.45) is 0 Å². The number of aromatic nitrogens is 1. The number of pyridine rings is 1. The smallest absolute Gasteiger partial charge is 0.0705 e. The predicted molar refractivity (Wildman–Crippen MR) is 125 cm³/mol. The van der Waals surface area contributed by atoms with E-state index in [0.717, 1.165) is 28.0 Å². The van der Waals surface area contributed by atoms with Gasteiger partial charge in [0.15, 0.2) is 0 Å². The first-order valence-corrected chi connectivity index (χ1v) is 9.57. The van der Waals surface area contributed by atoms with Gasteiger partial charge in [0.2, 0.25) is 0 Å².